The standard InChI is InChI=1S/C13H13N3O2S2/c1-8-4-5-11(7-14)6-12(8)20(17,18)16-13-15-9(2)10(3)19-13/h4-6H,1-3H3,(H,15,16). The number of nitriles is 1. The Hall–Kier alpha value is -1.91. The van der Waals surface area contributed by atoms with Gasteiger partial charge in [0.15, 0.2) is 5.13 Å². The molecule has 0 spiro atoms. The third-order valence-corrected chi connectivity index (χ3v) is 5.46. The molecule has 0 saturated heterocycles. The molecule has 1 aromatic carbocycles. The summed E-state index contributed by atoms with van der Waals surface area (Å²) in [6, 6.07) is 6.51. The Morgan fingerprint density at radius 3 is 2.55 bits per heavy atom. The van der Waals surface area contributed by atoms with Gasteiger partial charge in [-0.1, -0.05) is 6.07 Å². The van der Waals surface area contributed by atoms with E-state index >= 15 is 0 Å². The van der Waals surface area contributed by atoms with Gasteiger partial charge in [-0.25, -0.2) is 13.4 Å². The number of aromatic nitrogens is 1. The molecule has 0 aliphatic rings. The number of nitrogens with one attached hydrogen (secondary N) is 1. The van der Waals surface area contributed by atoms with Gasteiger partial charge in [0.05, 0.1) is 22.2 Å². The fraction of sp³-hybridized carbons (Fsp3) is 0.231. The quantitative estimate of drug-likeness (QED) is 0.945. The van der Waals surface area contributed by atoms with Crippen LogP contribution in [0.4, 0.5) is 5.13 Å². The van der Waals surface area contributed by atoms with Gasteiger partial charge >= 0.3 is 0 Å². The number of anilines is 1. The van der Waals surface area contributed by atoms with Gasteiger partial charge in [0.2, 0.25) is 0 Å². The maximum Gasteiger partial charge on any atom is 0.263 e. The lowest BCUT2D eigenvalue weighted by Crippen LogP contribution is -2.14. The minimum atomic E-state index is -3.73. The predicted octanol–water partition coefficient (Wildman–Crippen LogP) is 2.74. The number of aryl methyl sites for hydroxylation is 3. The van der Waals surface area contributed by atoms with E-state index in [0.29, 0.717) is 16.3 Å². The van der Waals surface area contributed by atoms with Crippen molar-refractivity contribution in [2.75, 3.05) is 4.72 Å². The Balaban J connectivity index is 2.43. The number of hydrogen-bond acceptors (Lipinski definition) is 5. The zero-order valence-electron chi connectivity index (χ0n) is 11.3. The zero-order chi connectivity index (χ0) is 14.9. The predicted molar refractivity (Wildman–Crippen MR) is 78.3 cm³/mol. The van der Waals surface area contributed by atoms with Gasteiger partial charge in [0.1, 0.15) is 0 Å². The average Bonchev–Trinajstić information content (AvgIpc) is 2.67. The van der Waals surface area contributed by atoms with Crippen LogP contribution in [0.2, 0.25) is 0 Å². The van der Waals surface area contributed by atoms with E-state index in [1.165, 1.54) is 17.4 Å². The van der Waals surface area contributed by atoms with Crippen LogP contribution in [0, 0.1) is 32.1 Å². The first kappa shape index (κ1) is 14.5. The van der Waals surface area contributed by atoms with E-state index in [4.69, 9.17) is 5.26 Å². The highest BCUT2D eigenvalue weighted by atomic mass is 32.2. The van der Waals surface area contributed by atoms with E-state index in [0.717, 1.165) is 10.6 Å². The molecule has 0 unspecified atom stereocenters. The van der Waals surface area contributed by atoms with E-state index in [1.54, 1.807) is 19.1 Å². The minimum Gasteiger partial charge on any atom is -0.255 e. The van der Waals surface area contributed by atoms with Crippen LogP contribution in [0.3, 0.4) is 0 Å². The van der Waals surface area contributed by atoms with E-state index in [-0.39, 0.29) is 4.90 Å². The second-order valence-electron chi connectivity index (χ2n) is 4.36. The number of thiazole rings is 1. The highest BCUT2D eigenvalue weighted by Gasteiger charge is 2.19. The van der Waals surface area contributed by atoms with Gasteiger partial charge in [0.25, 0.3) is 10.0 Å². The molecule has 0 radical (unpaired) electrons. The molecule has 1 N–H and O–H groups in total. The van der Waals surface area contributed by atoms with Crippen LogP contribution in [-0.4, -0.2) is 13.4 Å². The summed E-state index contributed by atoms with van der Waals surface area (Å²) in [7, 11) is -3.73. The molecular weight excluding hydrogens is 294 g/mol. The molecular formula is C13H13N3O2S2. The second-order valence-corrected chi connectivity index (χ2v) is 7.21. The Bertz CT molecular complexity index is 782. The Morgan fingerprint density at radius 1 is 1.30 bits per heavy atom. The lowest BCUT2D eigenvalue weighted by molar-refractivity contribution is 0.600. The van der Waals surface area contributed by atoms with Crippen molar-refractivity contribution in [2.24, 2.45) is 0 Å². The van der Waals surface area contributed by atoms with Gasteiger partial charge in [-0.2, -0.15) is 5.26 Å². The lowest BCUT2D eigenvalue weighted by atomic mass is 10.2. The molecule has 20 heavy (non-hydrogen) atoms. The van der Waals surface area contributed by atoms with Crippen LogP contribution < -0.4 is 4.72 Å². The van der Waals surface area contributed by atoms with Crippen molar-refractivity contribution in [3.63, 3.8) is 0 Å². The van der Waals surface area contributed by atoms with Gasteiger partial charge in [-0.05, 0) is 38.5 Å². The first-order valence-corrected chi connectivity index (χ1v) is 8.11. The molecule has 0 aliphatic heterocycles. The van der Waals surface area contributed by atoms with Crippen LogP contribution in [0.5, 0.6) is 0 Å². The van der Waals surface area contributed by atoms with Crippen LogP contribution in [0.15, 0.2) is 23.1 Å². The average molecular weight is 307 g/mol. The summed E-state index contributed by atoms with van der Waals surface area (Å²) in [6.07, 6.45) is 0. The molecule has 7 heteroatoms. The first-order chi connectivity index (χ1) is 9.33. The molecule has 0 amide bonds. The molecule has 0 aliphatic carbocycles. The third kappa shape index (κ3) is 2.81. The van der Waals surface area contributed by atoms with Gasteiger partial charge < -0.3 is 0 Å². The molecule has 0 atom stereocenters. The van der Waals surface area contributed by atoms with Crippen molar-refractivity contribution in [2.45, 2.75) is 25.7 Å². The smallest absolute Gasteiger partial charge is 0.255 e. The van der Waals surface area contributed by atoms with Gasteiger partial charge in [-0.3, -0.25) is 4.72 Å². The maximum absolute atomic E-state index is 12.4. The first-order valence-electron chi connectivity index (χ1n) is 5.81. The summed E-state index contributed by atoms with van der Waals surface area (Å²) in [6.45, 7) is 5.39. The highest BCUT2D eigenvalue weighted by Crippen LogP contribution is 2.25. The lowest BCUT2D eigenvalue weighted by Gasteiger charge is -2.08. The highest BCUT2D eigenvalue weighted by molar-refractivity contribution is 7.93. The summed E-state index contributed by atoms with van der Waals surface area (Å²) >= 11 is 1.29. The zero-order valence-corrected chi connectivity index (χ0v) is 12.9. The second kappa shape index (κ2) is 5.23. The number of hydrogen-bond donors (Lipinski definition) is 1. The van der Waals surface area contributed by atoms with Crippen molar-refractivity contribution in [3.8, 4) is 6.07 Å². The molecule has 0 bridgehead atoms. The normalized spacial score (nSPS) is 11.1. The van der Waals surface area contributed by atoms with E-state index < -0.39 is 10.0 Å². The number of nitrogens with zero attached hydrogens (tertiary/aromatic N) is 2. The molecule has 1 heterocycles. The van der Waals surface area contributed by atoms with Crippen LogP contribution in [0.1, 0.15) is 21.7 Å². The van der Waals surface area contributed by atoms with E-state index in [1.807, 2.05) is 19.9 Å². The van der Waals surface area contributed by atoms with Crippen LogP contribution >= 0.6 is 11.3 Å². The molecule has 2 aromatic rings. The van der Waals surface area contributed by atoms with Crippen LogP contribution in [-0.2, 0) is 10.0 Å². The largest absolute Gasteiger partial charge is 0.263 e. The molecule has 1 aromatic heterocycles. The van der Waals surface area contributed by atoms with Crippen molar-refractivity contribution >= 4 is 26.5 Å². The van der Waals surface area contributed by atoms with Crippen molar-refractivity contribution in [3.05, 3.63) is 39.9 Å². The minimum absolute atomic E-state index is 0.0991. The van der Waals surface area contributed by atoms with Gasteiger partial charge in [0, 0.05) is 4.88 Å². The Labute approximate surface area is 122 Å². The summed E-state index contributed by atoms with van der Waals surface area (Å²) < 4.78 is 27.2. The molecule has 5 nitrogen and oxygen atoms in total. The number of rotatable bonds is 3. The maximum atomic E-state index is 12.4. The SMILES string of the molecule is Cc1ccc(C#N)cc1S(=O)(=O)Nc1nc(C)c(C)s1. The van der Waals surface area contributed by atoms with Crippen molar-refractivity contribution in [1.29, 1.82) is 5.26 Å². The summed E-state index contributed by atoms with van der Waals surface area (Å²) in [5.41, 5.74) is 1.69. The summed E-state index contributed by atoms with van der Waals surface area (Å²) in [4.78, 5) is 5.22. The topological polar surface area (TPSA) is 82.8 Å². The summed E-state index contributed by atoms with van der Waals surface area (Å²) in [5.74, 6) is 0. The number of sulfonamides is 1. The number of benzene rings is 1. The molecule has 0 fully saturated rings. The monoisotopic (exact) mass is 307 g/mol. The summed E-state index contributed by atoms with van der Waals surface area (Å²) in [5, 5.41) is 9.21. The van der Waals surface area contributed by atoms with E-state index in [9.17, 15) is 8.42 Å². The third-order valence-electron chi connectivity index (χ3n) is 2.86. The van der Waals surface area contributed by atoms with Crippen LogP contribution in [0.25, 0.3) is 0 Å². The van der Waals surface area contributed by atoms with Gasteiger partial charge in [-0.15, -0.1) is 11.3 Å². The fourth-order valence-corrected chi connectivity index (χ4v) is 3.97. The Morgan fingerprint density at radius 2 is 2.00 bits per heavy atom. The fourth-order valence-electron chi connectivity index (χ4n) is 1.65. The Kier molecular flexibility index (Phi) is 3.79. The van der Waals surface area contributed by atoms with E-state index in [2.05, 4.69) is 9.71 Å². The molecule has 0 saturated carbocycles. The molecule has 2 rings (SSSR count). The molecule has 104 valence electrons. The van der Waals surface area contributed by atoms with Crippen molar-refractivity contribution < 1.29 is 8.42 Å². The van der Waals surface area contributed by atoms with Crippen molar-refractivity contribution in [1.82, 2.24) is 4.98 Å².